The molecule has 1 aromatic heterocycles. The first-order valence-electron chi connectivity index (χ1n) is 4.60. The zero-order valence-corrected chi connectivity index (χ0v) is 9.19. The van der Waals surface area contributed by atoms with Crippen LogP contribution in [0.4, 0.5) is 5.69 Å². The largest absolute Gasteiger partial charge is 0.398 e. The lowest BCUT2D eigenvalue weighted by atomic mass is 10.1. The minimum absolute atomic E-state index is 0.867. The first kappa shape index (κ1) is 9.28. The number of nitrogen functional groups attached to an aromatic ring is 1. The molecule has 0 amide bonds. The van der Waals surface area contributed by atoms with Crippen molar-refractivity contribution in [1.82, 2.24) is 0 Å². The zero-order valence-electron chi connectivity index (χ0n) is 8.37. The van der Waals surface area contributed by atoms with E-state index >= 15 is 0 Å². The number of nitrogens with two attached hydrogens (primary N) is 1. The van der Waals surface area contributed by atoms with Crippen molar-refractivity contribution in [1.29, 1.82) is 0 Å². The molecule has 0 aliphatic carbocycles. The van der Waals surface area contributed by atoms with Gasteiger partial charge in [-0.1, -0.05) is 12.1 Å². The van der Waals surface area contributed by atoms with Crippen molar-refractivity contribution in [2.24, 2.45) is 0 Å². The Balaban J connectivity index is 2.52. The average Bonchev–Trinajstić information content (AvgIpc) is 2.51. The van der Waals surface area contributed by atoms with Crippen LogP contribution in [0.5, 0.6) is 0 Å². The van der Waals surface area contributed by atoms with E-state index in [1.165, 1.54) is 15.3 Å². The molecule has 2 rings (SSSR count). The second-order valence-electron chi connectivity index (χ2n) is 3.50. The summed E-state index contributed by atoms with van der Waals surface area (Å²) in [5.74, 6) is 0. The lowest BCUT2D eigenvalue weighted by Crippen LogP contribution is -1.88. The molecule has 1 nitrogen and oxygen atoms in total. The summed E-state index contributed by atoms with van der Waals surface area (Å²) in [6.45, 7) is 4.17. The summed E-state index contributed by atoms with van der Waals surface area (Å²) in [4.78, 5) is 2.57. The Hall–Kier alpha value is -1.28. The van der Waals surface area contributed by atoms with E-state index in [0.717, 1.165) is 11.3 Å². The van der Waals surface area contributed by atoms with Gasteiger partial charge < -0.3 is 5.73 Å². The van der Waals surface area contributed by atoms with E-state index in [9.17, 15) is 0 Å². The molecule has 0 saturated heterocycles. The number of aryl methyl sites for hydroxylation is 2. The van der Waals surface area contributed by atoms with E-state index in [0.29, 0.717) is 0 Å². The first-order valence-corrected chi connectivity index (χ1v) is 5.41. The Morgan fingerprint density at radius 1 is 1.07 bits per heavy atom. The van der Waals surface area contributed by atoms with Crippen molar-refractivity contribution in [3.8, 4) is 10.4 Å². The molecular weight excluding hydrogens is 190 g/mol. The highest BCUT2D eigenvalue weighted by molar-refractivity contribution is 7.15. The van der Waals surface area contributed by atoms with E-state index in [-0.39, 0.29) is 0 Å². The number of thiophene rings is 1. The van der Waals surface area contributed by atoms with Gasteiger partial charge in [-0.05, 0) is 37.6 Å². The van der Waals surface area contributed by atoms with Gasteiger partial charge in [0.2, 0.25) is 0 Å². The van der Waals surface area contributed by atoms with Crippen molar-refractivity contribution < 1.29 is 0 Å². The van der Waals surface area contributed by atoms with Crippen LogP contribution >= 0.6 is 11.3 Å². The highest BCUT2D eigenvalue weighted by Crippen LogP contribution is 2.32. The molecule has 2 N–H and O–H groups in total. The Morgan fingerprint density at radius 3 is 2.43 bits per heavy atom. The van der Waals surface area contributed by atoms with Crippen LogP contribution in [-0.2, 0) is 0 Å². The second-order valence-corrected chi connectivity index (χ2v) is 4.79. The van der Waals surface area contributed by atoms with Gasteiger partial charge in [0.25, 0.3) is 0 Å². The smallest absolute Gasteiger partial charge is 0.0404 e. The van der Waals surface area contributed by atoms with Crippen molar-refractivity contribution in [2.75, 3.05) is 5.73 Å². The molecule has 72 valence electrons. The maximum absolute atomic E-state index is 5.97. The van der Waals surface area contributed by atoms with Crippen LogP contribution in [0.3, 0.4) is 0 Å². The number of rotatable bonds is 1. The van der Waals surface area contributed by atoms with Crippen molar-refractivity contribution in [2.45, 2.75) is 13.8 Å². The van der Waals surface area contributed by atoms with Gasteiger partial charge >= 0.3 is 0 Å². The molecule has 0 aliphatic rings. The molecule has 1 aromatic carbocycles. The molecule has 0 unspecified atom stereocenters. The van der Waals surface area contributed by atoms with Gasteiger partial charge in [-0.3, -0.25) is 0 Å². The molecule has 0 atom stereocenters. The van der Waals surface area contributed by atoms with Crippen LogP contribution in [0.15, 0.2) is 30.3 Å². The highest BCUT2D eigenvalue weighted by atomic mass is 32.1. The zero-order chi connectivity index (χ0) is 10.1. The minimum Gasteiger partial charge on any atom is -0.398 e. The molecular formula is C12H13NS. The molecule has 2 heteroatoms. The topological polar surface area (TPSA) is 26.0 Å². The predicted molar refractivity (Wildman–Crippen MR) is 63.6 cm³/mol. The molecule has 0 fully saturated rings. The number of hydrogen-bond acceptors (Lipinski definition) is 2. The summed E-state index contributed by atoms with van der Waals surface area (Å²) >= 11 is 1.78. The van der Waals surface area contributed by atoms with Gasteiger partial charge in [-0.15, -0.1) is 11.3 Å². The van der Waals surface area contributed by atoms with Crippen LogP contribution in [0.25, 0.3) is 10.4 Å². The monoisotopic (exact) mass is 203 g/mol. The second kappa shape index (κ2) is 3.46. The SMILES string of the molecule is Cc1ccc(-c2ccc(C)s2)c(N)c1. The summed E-state index contributed by atoms with van der Waals surface area (Å²) < 4.78 is 0. The molecule has 1 heterocycles. The summed E-state index contributed by atoms with van der Waals surface area (Å²) in [5.41, 5.74) is 9.19. The standard InChI is InChI=1S/C12H13NS/c1-8-3-5-10(11(13)7-8)12-6-4-9(2)14-12/h3-7H,13H2,1-2H3. The fourth-order valence-corrected chi connectivity index (χ4v) is 2.40. The Morgan fingerprint density at radius 2 is 1.86 bits per heavy atom. The summed E-state index contributed by atoms with van der Waals surface area (Å²) in [5, 5.41) is 0. The fraction of sp³-hybridized carbons (Fsp3) is 0.167. The molecule has 0 spiro atoms. The average molecular weight is 203 g/mol. The highest BCUT2D eigenvalue weighted by Gasteiger charge is 2.04. The molecule has 0 aliphatic heterocycles. The Kier molecular flexibility index (Phi) is 2.30. The Labute approximate surface area is 88.2 Å². The molecule has 14 heavy (non-hydrogen) atoms. The van der Waals surface area contributed by atoms with E-state index in [4.69, 9.17) is 5.73 Å². The van der Waals surface area contributed by atoms with Gasteiger partial charge in [0.05, 0.1) is 0 Å². The van der Waals surface area contributed by atoms with Crippen LogP contribution < -0.4 is 5.73 Å². The molecule has 0 radical (unpaired) electrons. The van der Waals surface area contributed by atoms with Crippen LogP contribution in [0.2, 0.25) is 0 Å². The summed E-state index contributed by atoms with van der Waals surface area (Å²) in [6, 6.07) is 10.5. The Bertz CT molecular complexity index is 457. The normalized spacial score (nSPS) is 10.4. The number of anilines is 1. The van der Waals surface area contributed by atoms with E-state index in [2.05, 4.69) is 38.1 Å². The van der Waals surface area contributed by atoms with Gasteiger partial charge in [0, 0.05) is 21.0 Å². The molecule has 0 bridgehead atoms. The fourth-order valence-electron chi connectivity index (χ4n) is 1.49. The van der Waals surface area contributed by atoms with E-state index in [1.54, 1.807) is 11.3 Å². The molecule has 2 aromatic rings. The van der Waals surface area contributed by atoms with Gasteiger partial charge in [-0.25, -0.2) is 0 Å². The van der Waals surface area contributed by atoms with Gasteiger partial charge in [0.15, 0.2) is 0 Å². The molecule has 0 saturated carbocycles. The third kappa shape index (κ3) is 1.66. The van der Waals surface area contributed by atoms with Crippen molar-refractivity contribution in [3.05, 3.63) is 40.8 Å². The van der Waals surface area contributed by atoms with Crippen LogP contribution in [-0.4, -0.2) is 0 Å². The van der Waals surface area contributed by atoms with E-state index < -0.39 is 0 Å². The van der Waals surface area contributed by atoms with Gasteiger partial charge in [-0.2, -0.15) is 0 Å². The van der Waals surface area contributed by atoms with Crippen molar-refractivity contribution in [3.63, 3.8) is 0 Å². The quantitative estimate of drug-likeness (QED) is 0.704. The minimum atomic E-state index is 0.867. The summed E-state index contributed by atoms with van der Waals surface area (Å²) in [7, 11) is 0. The summed E-state index contributed by atoms with van der Waals surface area (Å²) in [6.07, 6.45) is 0. The first-order chi connectivity index (χ1) is 6.66. The number of hydrogen-bond donors (Lipinski definition) is 1. The predicted octanol–water partition coefficient (Wildman–Crippen LogP) is 3.61. The number of benzene rings is 1. The third-order valence-electron chi connectivity index (χ3n) is 2.21. The van der Waals surface area contributed by atoms with Crippen LogP contribution in [0.1, 0.15) is 10.4 Å². The van der Waals surface area contributed by atoms with Gasteiger partial charge in [0.1, 0.15) is 0 Å². The van der Waals surface area contributed by atoms with Crippen molar-refractivity contribution >= 4 is 17.0 Å². The third-order valence-corrected chi connectivity index (χ3v) is 3.25. The lowest BCUT2D eigenvalue weighted by molar-refractivity contribution is 1.48. The van der Waals surface area contributed by atoms with Crippen LogP contribution in [0, 0.1) is 13.8 Å². The maximum atomic E-state index is 5.97. The van der Waals surface area contributed by atoms with E-state index in [1.807, 2.05) is 6.07 Å². The lowest BCUT2D eigenvalue weighted by Gasteiger charge is -2.03. The maximum Gasteiger partial charge on any atom is 0.0404 e.